The van der Waals surface area contributed by atoms with Crippen molar-refractivity contribution in [2.75, 3.05) is 33.1 Å². The topological polar surface area (TPSA) is 46.5 Å². The lowest BCUT2D eigenvalue weighted by molar-refractivity contribution is -0.115. The number of hydrogen-bond acceptors (Lipinski definition) is 3. The number of likely N-dealkylation sites (N-methyl/N-ethyl adjacent to an activating group) is 1. The first-order valence-electron chi connectivity index (χ1n) is 8.71. The highest BCUT2D eigenvalue weighted by Crippen LogP contribution is 2.21. The molecule has 2 aromatic carbocycles. The lowest BCUT2D eigenvalue weighted by atomic mass is 10.1. The SMILES string of the molecule is COc1cccc(CC(=O)Nc2ccc3c(ccn3CCN(C)C)c2)c1. The zero-order valence-electron chi connectivity index (χ0n) is 15.5. The highest BCUT2D eigenvalue weighted by molar-refractivity contribution is 5.95. The third-order valence-electron chi connectivity index (χ3n) is 4.34. The number of methoxy groups -OCH3 is 1. The Morgan fingerprint density at radius 3 is 2.77 bits per heavy atom. The molecule has 0 radical (unpaired) electrons. The molecule has 0 fully saturated rings. The summed E-state index contributed by atoms with van der Waals surface area (Å²) in [5, 5.41) is 4.11. The molecule has 1 amide bonds. The van der Waals surface area contributed by atoms with E-state index < -0.39 is 0 Å². The van der Waals surface area contributed by atoms with Crippen LogP contribution >= 0.6 is 0 Å². The van der Waals surface area contributed by atoms with Gasteiger partial charge in [0.05, 0.1) is 13.5 Å². The van der Waals surface area contributed by atoms with Crippen molar-refractivity contribution in [1.29, 1.82) is 0 Å². The van der Waals surface area contributed by atoms with Gasteiger partial charge in [-0.25, -0.2) is 0 Å². The van der Waals surface area contributed by atoms with Gasteiger partial charge in [-0.2, -0.15) is 0 Å². The first-order chi connectivity index (χ1) is 12.5. The molecule has 0 aliphatic carbocycles. The van der Waals surface area contributed by atoms with Crippen LogP contribution < -0.4 is 10.1 Å². The van der Waals surface area contributed by atoms with Crippen LogP contribution in [-0.4, -0.2) is 43.1 Å². The summed E-state index contributed by atoms with van der Waals surface area (Å²) in [6.07, 6.45) is 2.41. The third kappa shape index (κ3) is 4.43. The Morgan fingerprint density at radius 1 is 1.15 bits per heavy atom. The minimum Gasteiger partial charge on any atom is -0.497 e. The van der Waals surface area contributed by atoms with E-state index in [2.05, 4.69) is 47.2 Å². The van der Waals surface area contributed by atoms with Gasteiger partial charge in [-0.15, -0.1) is 0 Å². The molecule has 1 heterocycles. The monoisotopic (exact) mass is 351 g/mol. The van der Waals surface area contributed by atoms with E-state index in [1.807, 2.05) is 36.4 Å². The molecule has 0 saturated carbocycles. The molecule has 0 aliphatic rings. The van der Waals surface area contributed by atoms with Gasteiger partial charge in [0.15, 0.2) is 0 Å². The van der Waals surface area contributed by atoms with Crippen LogP contribution in [0.4, 0.5) is 5.69 Å². The number of nitrogens with one attached hydrogen (secondary N) is 1. The number of anilines is 1. The molecule has 1 N–H and O–H groups in total. The number of nitrogens with zero attached hydrogens (tertiary/aromatic N) is 2. The molecule has 5 nitrogen and oxygen atoms in total. The normalized spacial score (nSPS) is 11.1. The van der Waals surface area contributed by atoms with Gasteiger partial charge in [0.25, 0.3) is 0 Å². The number of ether oxygens (including phenoxy) is 1. The van der Waals surface area contributed by atoms with E-state index in [-0.39, 0.29) is 5.91 Å². The van der Waals surface area contributed by atoms with E-state index in [1.54, 1.807) is 7.11 Å². The quantitative estimate of drug-likeness (QED) is 0.710. The summed E-state index contributed by atoms with van der Waals surface area (Å²) >= 11 is 0. The maximum absolute atomic E-state index is 12.3. The molecule has 26 heavy (non-hydrogen) atoms. The molecule has 1 aromatic heterocycles. The van der Waals surface area contributed by atoms with Crippen molar-refractivity contribution in [2.45, 2.75) is 13.0 Å². The zero-order chi connectivity index (χ0) is 18.5. The van der Waals surface area contributed by atoms with Crippen LogP contribution in [0.15, 0.2) is 54.7 Å². The summed E-state index contributed by atoms with van der Waals surface area (Å²) in [7, 11) is 5.77. The Labute approximate surface area is 154 Å². The summed E-state index contributed by atoms with van der Waals surface area (Å²) in [6.45, 7) is 1.93. The molecule has 0 unspecified atom stereocenters. The Hall–Kier alpha value is -2.79. The number of rotatable bonds is 7. The van der Waals surface area contributed by atoms with Gasteiger partial charge in [-0.1, -0.05) is 12.1 Å². The van der Waals surface area contributed by atoms with Crippen LogP contribution in [0.5, 0.6) is 5.75 Å². The molecule has 5 heteroatoms. The highest BCUT2D eigenvalue weighted by atomic mass is 16.5. The zero-order valence-corrected chi connectivity index (χ0v) is 15.5. The fraction of sp³-hybridized carbons (Fsp3) is 0.286. The van der Waals surface area contributed by atoms with Crippen molar-refractivity contribution in [1.82, 2.24) is 9.47 Å². The Kier molecular flexibility index (Phi) is 5.58. The number of hydrogen-bond donors (Lipinski definition) is 1. The summed E-state index contributed by atoms with van der Waals surface area (Å²) in [4.78, 5) is 14.5. The van der Waals surface area contributed by atoms with Gasteiger partial charge in [-0.3, -0.25) is 4.79 Å². The van der Waals surface area contributed by atoms with Crippen molar-refractivity contribution in [3.63, 3.8) is 0 Å². The van der Waals surface area contributed by atoms with Crippen LogP contribution in [0.25, 0.3) is 10.9 Å². The van der Waals surface area contributed by atoms with E-state index in [1.165, 1.54) is 5.52 Å². The first-order valence-corrected chi connectivity index (χ1v) is 8.71. The standard InChI is InChI=1S/C21H25N3O2/c1-23(2)11-12-24-10-9-17-15-18(7-8-20(17)24)22-21(25)14-16-5-4-6-19(13-16)26-3/h4-10,13,15H,11-12,14H2,1-3H3,(H,22,25). The Morgan fingerprint density at radius 2 is 2.00 bits per heavy atom. The summed E-state index contributed by atoms with van der Waals surface area (Å²) < 4.78 is 7.44. The average Bonchev–Trinajstić information content (AvgIpc) is 3.02. The van der Waals surface area contributed by atoms with E-state index in [0.29, 0.717) is 6.42 Å². The second-order valence-electron chi connectivity index (χ2n) is 6.66. The number of carbonyl (C=O) groups is 1. The van der Waals surface area contributed by atoms with Crippen molar-refractivity contribution in [3.05, 3.63) is 60.3 Å². The molecule has 136 valence electrons. The summed E-state index contributed by atoms with van der Waals surface area (Å²) in [5.41, 5.74) is 2.92. The van der Waals surface area contributed by atoms with E-state index in [0.717, 1.165) is 35.5 Å². The van der Waals surface area contributed by atoms with Gasteiger partial charge >= 0.3 is 0 Å². The second kappa shape index (κ2) is 8.06. The number of aromatic nitrogens is 1. The van der Waals surface area contributed by atoms with Gasteiger partial charge in [0.1, 0.15) is 5.75 Å². The van der Waals surface area contributed by atoms with E-state index in [9.17, 15) is 4.79 Å². The molecule has 3 rings (SSSR count). The van der Waals surface area contributed by atoms with Gasteiger partial charge in [-0.05, 0) is 56.1 Å². The first kappa shape index (κ1) is 18.0. The lowest BCUT2D eigenvalue weighted by Gasteiger charge is -2.11. The molecule has 0 bridgehead atoms. The predicted octanol–water partition coefficient (Wildman–Crippen LogP) is 3.39. The maximum atomic E-state index is 12.3. The fourth-order valence-electron chi connectivity index (χ4n) is 2.95. The second-order valence-corrected chi connectivity index (χ2v) is 6.66. The molecule has 0 spiro atoms. The average molecular weight is 351 g/mol. The largest absolute Gasteiger partial charge is 0.497 e. The van der Waals surface area contributed by atoms with Crippen molar-refractivity contribution in [3.8, 4) is 5.75 Å². The summed E-state index contributed by atoms with van der Waals surface area (Å²) in [6, 6.07) is 15.7. The van der Waals surface area contributed by atoms with Crippen LogP contribution in [0.3, 0.4) is 0 Å². The smallest absolute Gasteiger partial charge is 0.228 e. The number of fused-ring (bicyclic) bond motifs is 1. The minimum atomic E-state index is -0.0374. The van der Waals surface area contributed by atoms with Crippen LogP contribution in [-0.2, 0) is 17.8 Å². The third-order valence-corrected chi connectivity index (χ3v) is 4.34. The fourth-order valence-corrected chi connectivity index (χ4v) is 2.95. The lowest BCUT2D eigenvalue weighted by Crippen LogP contribution is -2.17. The van der Waals surface area contributed by atoms with Gasteiger partial charge in [0, 0.05) is 35.9 Å². The molecule has 0 saturated heterocycles. The molecule has 3 aromatic rings. The molecule has 0 aliphatic heterocycles. The predicted molar refractivity (Wildman–Crippen MR) is 106 cm³/mol. The molecular formula is C21H25N3O2. The van der Waals surface area contributed by atoms with Crippen LogP contribution in [0, 0.1) is 0 Å². The Balaban J connectivity index is 1.67. The number of carbonyl (C=O) groups excluding carboxylic acids is 1. The van der Waals surface area contributed by atoms with Crippen molar-refractivity contribution >= 4 is 22.5 Å². The van der Waals surface area contributed by atoms with E-state index in [4.69, 9.17) is 4.74 Å². The Bertz CT molecular complexity index is 899. The number of benzene rings is 2. The van der Waals surface area contributed by atoms with Crippen molar-refractivity contribution < 1.29 is 9.53 Å². The van der Waals surface area contributed by atoms with Gasteiger partial charge in [0.2, 0.25) is 5.91 Å². The van der Waals surface area contributed by atoms with Crippen LogP contribution in [0.1, 0.15) is 5.56 Å². The highest BCUT2D eigenvalue weighted by Gasteiger charge is 2.07. The van der Waals surface area contributed by atoms with Crippen LogP contribution in [0.2, 0.25) is 0 Å². The molecular weight excluding hydrogens is 326 g/mol. The minimum absolute atomic E-state index is 0.0374. The summed E-state index contributed by atoms with van der Waals surface area (Å²) in [5.74, 6) is 0.723. The number of amides is 1. The maximum Gasteiger partial charge on any atom is 0.228 e. The molecule has 0 atom stereocenters. The van der Waals surface area contributed by atoms with E-state index >= 15 is 0 Å². The van der Waals surface area contributed by atoms with Gasteiger partial charge < -0.3 is 19.5 Å². The van der Waals surface area contributed by atoms with Crippen molar-refractivity contribution in [2.24, 2.45) is 0 Å².